The van der Waals surface area contributed by atoms with Crippen LogP contribution in [0.4, 0.5) is 5.69 Å². The summed E-state index contributed by atoms with van der Waals surface area (Å²) in [6, 6.07) is 19.7. The summed E-state index contributed by atoms with van der Waals surface area (Å²) in [7, 11) is 0. The number of rotatable bonds is 3. The molecular formula is C18H13N5. The van der Waals surface area contributed by atoms with E-state index in [1.165, 1.54) is 0 Å². The molecule has 0 aliphatic carbocycles. The molecule has 0 atom stereocenters. The molecule has 0 aliphatic rings. The maximum Gasteiger partial charge on any atom is 0.124 e. The highest BCUT2D eigenvalue weighted by molar-refractivity contribution is 5.91. The first-order valence-electron chi connectivity index (χ1n) is 7.26. The van der Waals surface area contributed by atoms with Crippen molar-refractivity contribution >= 4 is 22.8 Å². The molecule has 2 aromatic carbocycles. The fraction of sp³-hybridized carbons (Fsp3) is 0. The second-order valence-electron chi connectivity index (χ2n) is 5.03. The maximum atomic E-state index is 4.51. The van der Waals surface area contributed by atoms with Crippen LogP contribution in [-0.4, -0.2) is 26.2 Å². The van der Waals surface area contributed by atoms with Gasteiger partial charge in [-0.3, -0.25) is 9.98 Å². The summed E-state index contributed by atoms with van der Waals surface area (Å²) in [5, 5.41) is 9.32. The normalized spacial score (nSPS) is 11.3. The molecule has 110 valence electrons. The molecule has 0 saturated heterocycles. The Morgan fingerprint density at radius 2 is 1.78 bits per heavy atom. The molecule has 0 N–H and O–H groups in total. The predicted molar refractivity (Wildman–Crippen MR) is 90.4 cm³/mol. The minimum absolute atomic E-state index is 0.696. The van der Waals surface area contributed by atoms with Gasteiger partial charge in [-0.25, -0.2) is 4.68 Å². The van der Waals surface area contributed by atoms with Gasteiger partial charge < -0.3 is 0 Å². The molecule has 0 radical (unpaired) electrons. The summed E-state index contributed by atoms with van der Waals surface area (Å²) >= 11 is 0. The number of aromatic nitrogens is 4. The van der Waals surface area contributed by atoms with Gasteiger partial charge >= 0.3 is 0 Å². The first-order chi connectivity index (χ1) is 11.4. The molecule has 23 heavy (non-hydrogen) atoms. The molecule has 5 nitrogen and oxygen atoms in total. The van der Waals surface area contributed by atoms with Crippen LogP contribution in [0.2, 0.25) is 0 Å². The van der Waals surface area contributed by atoms with E-state index < -0.39 is 0 Å². The monoisotopic (exact) mass is 299 g/mol. The van der Waals surface area contributed by atoms with Gasteiger partial charge in [0, 0.05) is 11.6 Å². The van der Waals surface area contributed by atoms with Gasteiger partial charge in [0.05, 0.1) is 29.3 Å². The van der Waals surface area contributed by atoms with Crippen molar-refractivity contribution in [2.24, 2.45) is 4.99 Å². The topological polar surface area (TPSA) is 56.0 Å². The molecule has 0 aliphatic heterocycles. The Hall–Kier alpha value is -3.34. The minimum atomic E-state index is 0.696. The molecule has 4 aromatic rings. The first-order valence-corrected chi connectivity index (χ1v) is 7.26. The Morgan fingerprint density at radius 1 is 0.913 bits per heavy atom. The molecule has 0 fully saturated rings. The smallest absolute Gasteiger partial charge is 0.124 e. The lowest BCUT2D eigenvalue weighted by molar-refractivity contribution is 0.803. The van der Waals surface area contributed by atoms with E-state index in [9.17, 15) is 0 Å². The van der Waals surface area contributed by atoms with Gasteiger partial charge in [0.1, 0.15) is 5.69 Å². The van der Waals surface area contributed by atoms with Crippen molar-refractivity contribution in [1.29, 1.82) is 0 Å². The van der Waals surface area contributed by atoms with Gasteiger partial charge in [0.25, 0.3) is 0 Å². The summed E-state index contributed by atoms with van der Waals surface area (Å²) < 4.78 is 1.72. The number of nitrogens with zero attached hydrogens (tertiary/aromatic N) is 5. The Kier molecular flexibility index (Phi) is 3.37. The zero-order valence-electron chi connectivity index (χ0n) is 12.2. The van der Waals surface area contributed by atoms with E-state index in [0.717, 1.165) is 22.3 Å². The molecule has 0 bridgehead atoms. The van der Waals surface area contributed by atoms with Crippen LogP contribution in [0.15, 0.2) is 78.0 Å². The number of hydrogen-bond donors (Lipinski definition) is 0. The highest BCUT2D eigenvalue weighted by Gasteiger charge is 2.02. The number of para-hydroxylation sites is 2. The molecule has 0 amide bonds. The van der Waals surface area contributed by atoms with Gasteiger partial charge in [-0.15, -0.1) is 5.10 Å². The molecule has 5 heteroatoms. The number of benzene rings is 2. The number of pyridine rings is 1. The van der Waals surface area contributed by atoms with Crippen LogP contribution in [0.25, 0.3) is 16.6 Å². The van der Waals surface area contributed by atoms with Crippen LogP contribution >= 0.6 is 0 Å². The Morgan fingerprint density at radius 3 is 2.70 bits per heavy atom. The molecule has 0 spiro atoms. The number of fused-ring (bicyclic) bond motifs is 1. The van der Waals surface area contributed by atoms with Crippen LogP contribution in [0.3, 0.4) is 0 Å². The zero-order chi connectivity index (χ0) is 15.5. The van der Waals surface area contributed by atoms with Crippen molar-refractivity contribution < 1.29 is 0 Å². The summed E-state index contributed by atoms with van der Waals surface area (Å²) in [5.41, 5.74) is 3.35. The van der Waals surface area contributed by atoms with Crippen molar-refractivity contribution in [3.8, 4) is 5.69 Å². The third kappa shape index (κ3) is 2.72. The van der Waals surface area contributed by atoms with Crippen LogP contribution in [0, 0.1) is 0 Å². The predicted octanol–water partition coefficient (Wildman–Crippen LogP) is 3.57. The fourth-order valence-corrected chi connectivity index (χ4v) is 2.37. The highest BCUT2D eigenvalue weighted by atomic mass is 15.4. The van der Waals surface area contributed by atoms with Crippen LogP contribution in [0.1, 0.15) is 5.69 Å². The van der Waals surface area contributed by atoms with Crippen molar-refractivity contribution in [1.82, 2.24) is 20.0 Å². The summed E-state index contributed by atoms with van der Waals surface area (Å²) in [6.45, 7) is 0. The van der Waals surface area contributed by atoms with Crippen molar-refractivity contribution in [2.45, 2.75) is 0 Å². The van der Waals surface area contributed by atoms with E-state index in [2.05, 4.69) is 20.3 Å². The van der Waals surface area contributed by atoms with Gasteiger partial charge in [0.2, 0.25) is 0 Å². The van der Waals surface area contributed by atoms with E-state index in [4.69, 9.17) is 0 Å². The average Bonchev–Trinajstić information content (AvgIpc) is 3.10. The Bertz CT molecular complexity index is 968. The largest absolute Gasteiger partial charge is 0.254 e. The summed E-state index contributed by atoms with van der Waals surface area (Å²) in [4.78, 5) is 8.90. The third-order valence-corrected chi connectivity index (χ3v) is 3.48. The van der Waals surface area contributed by atoms with E-state index in [-0.39, 0.29) is 0 Å². The second-order valence-corrected chi connectivity index (χ2v) is 5.03. The van der Waals surface area contributed by atoms with Gasteiger partial charge in [0.15, 0.2) is 0 Å². The van der Waals surface area contributed by atoms with Crippen molar-refractivity contribution in [2.75, 3.05) is 0 Å². The van der Waals surface area contributed by atoms with Gasteiger partial charge in [-0.2, -0.15) is 0 Å². The number of hydrogen-bond acceptors (Lipinski definition) is 4. The fourth-order valence-electron chi connectivity index (χ4n) is 2.37. The third-order valence-electron chi connectivity index (χ3n) is 3.48. The Labute approximate surface area is 133 Å². The van der Waals surface area contributed by atoms with Crippen LogP contribution < -0.4 is 0 Å². The first kappa shape index (κ1) is 13.3. The van der Waals surface area contributed by atoms with Crippen molar-refractivity contribution in [3.05, 3.63) is 78.8 Å². The average molecular weight is 299 g/mol. The van der Waals surface area contributed by atoms with E-state index in [1.807, 2.05) is 66.9 Å². The second kappa shape index (κ2) is 5.81. The molecular weight excluding hydrogens is 286 g/mol. The minimum Gasteiger partial charge on any atom is -0.254 e. The Balaban J connectivity index is 1.65. The van der Waals surface area contributed by atoms with Crippen LogP contribution in [0.5, 0.6) is 0 Å². The highest BCUT2D eigenvalue weighted by Crippen LogP contribution is 2.23. The summed E-state index contributed by atoms with van der Waals surface area (Å²) in [5.74, 6) is 0. The molecule has 4 rings (SSSR count). The van der Waals surface area contributed by atoms with Gasteiger partial charge in [-0.05, 0) is 24.3 Å². The van der Waals surface area contributed by atoms with Gasteiger partial charge in [-0.1, -0.05) is 41.6 Å². The lowest BCUT2D eigenvalue weighted by Gasteiger charge is -1.99. The number of aliphatic imine (C=N–C) groups is 1. The molecule has 2 aromatic heterocycles. The molecule has 2 heterocycles. The maximum absolute atomic E-state index is 4.51. The quantitative estimate of drug-likeness (QED) is 0.543. The van der Waals surface area contributed by atoms with E-state index in [0.29, 0.717) is 5.69 Å². The lowest BCUT2D eigenvalue weighted by atomic mass is 10.2. The molecule has 0 unspecified atom stereocenters. The summed E-state index contributed by atoms with van der Waals surface area (Å²) in [6.07, 6.45) is 5.32. The zero-order valence-corrected chi connectivity index (χ0v) is 12.2. The van der Waals surface area contributed by atoms with E-state index >= 15 is 0 Å². The molecule has 0 saturated carbocycles. The van der Waals surface area contributed by atoms with Crippen LogP contribution in [-0.2, 0) is 0 Å². The van der Waals surface area contributed by atoms with Crippen molar-refractivity contribution in [3.63, 3.8) is 0 Å². The van der Waals surface area contributed by atoms with E-state index in [1.54, 1.807) is 17.1 Å². The standard InChI is InChI=1S/C18H13N5/c1-2-8-16(9-3-1)23-13-15(21-22-23)12-20-17-10-4-6-14-7-5-11-19-18(14)17/h1-13H. The SMILES string of the molecule is C(=Nc1cccc2cccnc12)c1cn(-c2ccccc2)nn1. The lowest BCUT2D eigenvalue weighted by Crippen LogP contribution is -1.93.